The predicted octanol–water partition coefficient (Wildman–Crippen LogP) is 6.18. The van der Waals surface area contributed by atoms with Gasteiger partial charge in [-0.25, -0.2) is 14.6 Å². The Morgan fingerprint density at radius 3 is 2.25 bits per heavy atom. The van der Waals surface area contributed by atoms with Gasteiger partial charge in [-0.1, -0.05) is 18.2 Å². The number of rotatable bonds is 9. The molecule has 0 aliphatic carbocycles. The highest BCUT2D eigenvalue weighted by Gasteiger charge is 2.38. The molecule has 0 radical (unpaired) electrons. The van der Waals surface area contributed by atoms with Crippen molar-refractivity contribution in [1.29, 1.82) is 0 Å². The van der Waals surface area contributed by atoms with Crippen molar-refractivity contribution >= 4 is 41.4 Å². The van der Waals surface area contributed by atoms with Crippen molar-refractivity contribution < 1.29 is 55.0 Å². The highest BCUT2D eigenvalue weighted by Crippen LogP contribution is 2.37. The molecule has 4 amide bonds. The van der Waals surface area contributed by atoms with Crippen molar-refractivity contribution in [2.75, 3.05) is 38.1 Å². The van der Waals surface area contributed by atoms with Crippen LogP contribution < -0.4 is 5.32 Å². The van der Waals surface area contributed by atoms with Crippen molar-refractivity contribution in [2.24, 2.45) is 9.98 Å². The number of halogens is 6. The molecule has 1 fully saturated rings. The number of ether oxygens (including phenoxy) is 2. The average Bonchev–Trinajstić information content (AvgIpc) is 3.27. The Kier molecular flexibility index (Phi) is 13.6. The zero-order valence-corrected chi connectivity index (χ0v) is 28.2. The normalized spacial score (nSPS) is 15.1. The predicted molar refractivity (Wildman–Crippen MR) is 178 cm³/mol. The number of carbonyl (C=O) groups excluding carboxylic acids is 4. The van der Waals surface area contributed by atoms with E-state index in [4.69, 9.17) is 9.47 Å². The van der Waals surface area contributed by atoms with E-state index in [1.54, 1.807) is 17.9 Å². The zero-order valence-electron chi connectivity index (χ0n) is 28.2. The first-order chi connectivity index (χ1) is 25.2. The molecule has 2 aliphatic rings. The van der Waals surface area contributed by atoms with E-state index >= 15 is 0 Å². The van der Waals surface area contributed by atoms with Crippen LogP contribution >= 0.6 is 0 Å². The third kappa shape index (κ3) is 11.8. The Bertz CT molecular complexity index is 1860. The number of alkyl halides is 6. The second-order valence-electron chi connectivity index (χ2n) is 11.7. The first-order valence-electron chi connectivity index (χ1n) is 16.3. The van der Waals surface area contributed by atoms with Crippen LogP contribution in [0.4, 0.5) is 41.6 Å². The Hall–Kier alpha value is -5.84. The quantitative estimate of drug-likeness (QED) is 0.107. The second-order valence-corrected chi connectivity index (χ2v) is 11.7. The first kappa shape index (κ1) is 39.9. The molecule has 0 unspecified atom stereocenters. The summed E-state index contributed by atoms with van der Waals surface area (Å²) >= 11 is 0. The van der Waals surface area contributed by atoms with Crippen LogP contribution in [0.25, 0.3) is 0 Å². The van der Waals surface area contributed by atoms with Crippen molar-refractivity contribution in [1.82, 2.24) is 9.80 Å². The molecule has 0 saturated carbocycles. The second kappa shape index (κ2) is 18.1. The van der Waals surface area contributed by atoms with Crippen LogP contribution in [0.15, 0.2) is 76.1 Å². The van der Waals surface area contributed by atoms with E-state index in [2.05, 4.69) is 38.5 Å². The van der Waals surface area contributed by atoms with Crippen LogP contribution in [0.5, 0.6) is 0 Å². The van der Waals surface area contributed by atoms with Crippen LogP contribution in [0.3, 0.4) is 0 Å². The van der Waals surface area contributed by atoms with Crippen molar-refractivity contribution in [3.05, 3.63) is 88.3 Å². The molecular formula is C36H33F6N5O6. The molecule has 2 aromatic rings. The number of urea groups is 1. The van der Waals surface area contributed by atoms with E-state index < -0.39 is 59.5 Å². The number of para-hydroxylation sites is 1. The van der Waals surface area contributed by atoms with Gasteiger partial charge in [-0.3, -0.25) is 9.59 Å². The van der Waals surface area contributed by atoms with Gasteiger partial charge < -0.3 is 24.6 Å². The lowest BCUT2D eigenvalue weighted by atomic mass is 10.00. The number of nitrogens with one attached hydrogen (secondary N) is 1. The van der Waals surface area contributed by atoms with Gasteiger partial charge in [0.15, 0.2) is 6.10 Å². The zero-order chi connectivity index (χ0) is 38.6. The molecular weight excluding hydrogens is 712 g/mol. The maximum Gasteiger partial charge on any atom is 0.416 e. The van der Waals surface area contributed by atoms with E-state index in [-0.39, 0.29) is 44.4 Å². The SMILES string of the molecule is CCOC(=O)CN=C=C=CC=C=C=NC(=O)[C@@H](Cc1cc(C(F)(F)F)cc(C(F)(F)F)c1)OC(=O)N1CCC(N2CCc3ccccc3NC2=O)CC1. The largest absolute Gasteiger partial charge is 0.465 e. The summed E-state index contributed by atoms with van der Waals surface area (Å²) in [6.07, 6.45) is -10.5. The van der Waals surface area contributed by atoms with E-state index in [1.807, 2.05) is 18.2 Å². The smallest absolute Gasteiger partial charge is 0.416 e. The number of fused-ring (bicyclic) bond motifs is 1. The number of esters is 1. The topological polar surface area (TPSA) is 130 Å². The number of amides is 4. The summed E-state index contributed by atoms with van der Waals surface area (Å²) in [5.41, 5.74) is 2.65. The summed E-state index contributed by atoms with van der Waals surface area (Å²) < 4.78 is 91.3. The molecule has 2 aliphatic heterocycles. The third-order valence-corrected chi connectivity index (χ3v) is 8.03. The minimum atomic E-state index is -5.15. The van der Waals surface area contributed by atoms with E-state index in [9.17, 15) is 45.5 Å². The van der Waals surface area contributed by atoms with E-state index in [0.29, 0.717) is 43.6 Å². The molecule has 2 aromatic carbocycles. The van der Waals surface area contributed by atoms with Gasteiger partial charge in [0.2, 0.25) is 0 Å². The van der Waals surface area contributed by atoms with Gasteiger partial charge in [-0.2, -0.15) is 31.3 Å². The molecule has 1 N–H and O–H groups in total. The van der Waals surface area contributed by atoms with Gasteiger partial charge >= 0.3 is 30.4 Å². The van der Waals surface area contributed by atoms with Crippen LogP contribution in [-0.4, -0.2) is 90.5 Å². The minimum Gasteiger partial charge on any atom is -0.465 e. The number of piperidine rings is 1. The van der Waals surface area contributed by atoms with Gasteiger partial charge in [0.05, 0.1) is 17.7 Å². The van der Waals surface area contributed by atoms with Crippen LogP contribution in [-0.2, 0) is 44.3 Å². The van der Waals surface area contributed by atoms with E-state index in [1.165, 1.54) is 11.0 Å². The molecule has 1 atom stereocenters. The number of allylic oxidation sites excluding steroid dienone is 2. The molecule has 280 valence electrons. The number of anilines is 1. The van der Waals surface area contributed by atoms with E-state index in [0.717, 1.165) is 11.6 Å². The lowest BCUT2D eigenvalue weighted by Crippen LogP contribution is -2.50. The molecule has 11 nitrogen and oxygen atoms in total. The van der Waals surface area contributed by atoms with Crippen molar-refractivity contribution in [3.8, 4) is 0 Å². The summed E-state index contributed by atoms with van der Waals surface area (Å²) in [6, 6.07) is 7.65. The molecule has 2 heterocycles. The number of benzene rings is 2. The maximum atomic E-state index is 13.5. The Labute approximate surface area is 299 Å². The summed E-state index contributed by atoms with van der Waals surface area (Å²) in [6.45, 7) is 2.12. The van der Waals surface area contributed by atoms with Gasteiger partial charge in [-0.05, 0) is 85.2 Å². The number of hydrogen-bond acceptors (Lipinski definition) is 7. The molecule has 0 spiro atoms. The molecule has 53 heavy (non-hydrogen) atoms. The Balaban J connectivity index is 1.50. The maximum absolute atomic E-state index is 13.5. The summed E-state index contributed by atoms with van der Waals surface area (Å²) in [7, 11) is 0. The number of nitrogens with zero attached hydrogens (tertiary/aromatic N) is 4. The fourth-order valence-electron chi connectivity index (χ4n) is 5.50. The van der Waals surface area contributed by atoms with Crippen LogP contribution in [0.2, 0.25) is 0 Å². The van der Waals surface area contributed by atoms with Gasteiger partial charge in [0.25, 0.3) is 5.91 Å². The molecule has 0 aromatic heterocycles. The Morgan fingerprint density at radius 2 is 1.60 bits per heavy atom. The molecule has 4 rings (SSSR count). The molecule has 0 bridgehead atoms. The summed E-state index contributed by atoms with van der Waals surface area (Å²) in [5.74, 6) is 2.61. The fraction of sp³-hybridized carbons (Fsp3) is 0.389. The van der Waals surface area contributed by atoms with Crippen molar-refractivity contribution in [3.63, 3.8) is 0 Å². The number of likely N-dealkylation sites (tertiary alicyclic amines) is 1. The van der Waals surface area contributed by atoms with Crippen molar-refractivity contribution in [2.45, 2.75) is 57.1 Å². The monoisotopic (exact) mass is 745 g/mol. The standard InChI is InChI=1S/C36H33F6N5O6/c1-2-52-31(48)23-43-14-7-3-4-8-15-44-32(49)30(21-24-19-26(35(37,38)39)22-27(20-24)36(40,41)42)53-34(51)46-16-12-28(13-17-46)47-18-11-25-9-5-6-10-29(25)45-33(47)50/h3-6,9-10,19-20,22,28,30H,2,11-13,16-18,21,23H2,1H3,(H,45,50)/t30-/m1/s1. The van der Waals surface area contributed by atoms with Gasteiger partial charge in [0, 0.05) is 49.5 Å². The fourth-order valence-corrected chi connectivity index (χ4v) is 5.50. The molecule has 1 saturated heterocycles. The summed E-state index contributed by atoms with van der Waals surface area (Å²) in [5, 5.41) is 2.89. The Morgan fingerprint density at radius 1 is 0.962 bits per heavy atom. The lowest BCUT2D eigenvalue weighted by molar-refractivity contribution is -0.143. The lowest BCUT2D eigenvalue weighted by Gasteiger charge is -2.37. The third-order valence-electron chi connectivity index (χ3n) is 8.03. The van der Waals surface area contributed by atoms with Crippen LogP contribution in [0, 0.1) is 0 Å². The number of aliphatic imine (C=N–C) groups is 2. The van der Waals surface area contributed by atoms with Gasteiger partial charge in [0.1, 0.15) is 6.54 Å². The highest BCUT2D eigenvalue weighted by molar-refractivity contribution is 5.91. The first-order valence-corrected chi connectivity index (χ1v) is 16.3. The summed E-state index contributed by atoms with van der Waals surface area (Å²) in [4.78, 5) is 60.5. The van der Waals surface area contributed by atoms with Gasteiger partial charge in [-0.15, -0.1) is 0 Å². The highest BCUT2D eigenvalue weighted by atomic mass is 19.4. The number of hydrogen-bond donors (Lipinski definition) is 1. The molecule has 17 heteroatoms. The van der Waals surface area contributed by atoms with Crippen LogP contribution in [0.1, 0.15) is 42.0 Å². The minimum absolute atomic E-state index is 0.0606. The number of carbonyl (C=O) groups is 4. The average molecular weight is 746 g/mol.